The van der Waals surface area contributed by atoms with Crippen molar-refractivity contribution in [3.05, 3.63) is 67.0 Å². The summed E-state index contributed by atoms with van der Waals surface area (Å²) in [6.45, 7) is 4.28. The molecule has 0 saturated carbocycles. The summed E-state index contributed by atoms with van der Waals surface area (Å²) in [5, 5.41) is 11.8. The molecule has 3 N–H and O–H groups in total. The topological polar surface area (TPSA) is 116 Å². The molecular weight excluding hydrogens is 376 g/mol. The van der Waals surface area contributed by atoms with Gasteiger partial charge < -0.3 is 11.1 Å². The second kappa shape index (κ2) is 8.96. The van der Waals surface area contributed by atoms with Crippen molar-refractivity contribution in [2.45, 2.75) is 11.7 Å². The van der Waals surface area contributed by atoms with Gasteiger partial charge in [0.2, 0.25) is 11.8 Å². The highest BCUT2D eigenvalue weighted by Crippen LogP contribution is 2.23. The Bertz CT molecular complexity index is 985. The van der Waals surface area contributed by atoms with Crippen LogP contribution in [0.1, 0.15) is 10.4 Å². The van der Waals surface area contributed by atoms with Gasteiger partial charge in [-0.1, -0.05) is 17.8 Å². The van der Waals surface area contributed by atoms with Gasteiger partial charge >= 0.3 is 0 Å². The fraction of sp³-hybridized carbons (Fsp3) is 0.105. The number of hydrogen-bond acceptors (Lipinski definition) is 6. The summed E-state index contributed by atoms with van der Waals surface area (Å²) < 4.78 is 1.88. The van der Waals surface area contributed by atoms with E-state index in [1.54, 1.807) is 42.7 Å². The van der Waals surface area contributed by atoms with Crippen LogP contribution in [0.4, 0.5) is 5.69 Å². The maximum Gasteiger partial charge on any atom is 0.248 e. The summed E-state index contributed by atoms with van der Waals surface area (Å²) in [5.74, 6) is 0.102. The predicted molar refractivity (Wildman–Crippen MR) is 108 cm³/mol. The van der Waals surface area contributed by atoms with E-state index in [0.29, 0.717) is 28.8 Å². The van der Waals surface area contributed by atoms with Crippen molar-refractivity contribution in [1.29, 1.82) is 0 Å². The smallest absolute Gasteiger partial charge is 0.248 e. The first-order chi connectivity index (χ1) is 13.6. The van der Waals surface area contributed by atoms with Crippen LogP contribution in [0.15, 0.2) is 66.6 Å². The highest BCUT2D eigenvalue weighted by atomic mass is 32.2. The van der Waals surface area contributed by atoms with Crippen molar-refractivity contribution in [3.8, 4) is 11.4 Å². The van der Waals surface area contributed by atoms with E-state index in [-0.39, 0.29) is 11.7 Å². The summed E-state index contributed by atoms with van der Waals surface area (Å²) in [4.78, 5) is 27.4. The molecule has 0 spiro atoms. The van der Waals surface area contributed by atoms with Crippen molar-refractivity contribution in [1.82, 2.24) is 19.7 Å². The minimum Gasteiger partial charge on any atom is -0.366 e. The van der Waals surface area contributed by atoms with Crippen LogP contribution in [0.2, 0.25) is 0 Å². The van der Waals surface area contributed by atoms with Crippen LogP contribution in [0.3, 0.4) is 0 Å². The van der Waals surface area contributed by atoms with E-state index in [4.69, 9.17) is 5.73 Å². The number of carbonyl (C=O) groups is 2. The number of anilines is 1. The number of allylic oxidation sites excluding steroid dienone is 1. The molecule has 3 aromatic rings. The normalized spacial score (nSPS) is 10.4. The van der Waals surface area contributed by atoms with Crippen LogP contribution in [0, 0.1) is 0 Å². The van der Waals surface area contributed by atoms with Crippen LogP contribution in [-0.2, 0) is 11.3 Å². The van der Waals surface area contributed by atoms with Gasteiger partial charge in [-0.05, 0) is 36.4 Å². The molecule has 0 unspecified atom stereocenters. The molecule has 2 heterocycles. The minimum atomic E-state index is -0.514. The minimum absolute atomic E-state index is 0.153. The van der Waals surface area contributed by atoms with E-state index in [1.807, 2.05) is 16.7 Å². The first-order valence-corrected chi connectivity index (χ1v) is 9.34. The Labute approximate surface area is 165 Å². The molecule has 9 heteroatoms. The molecular formula is C19H18N6O2S. The molecule has 2 aromatic heterocycles. The number of nitrogens with two attached hydrogens (primary N) is 1. The number of nitrogens with zero attached hydrogens (tertiary/aromatic N) is 4. The first-order valence-electron chi connectivity index (χ1n) is 8.35. The number of thioether (sulfide) groups is 1. The molecule has 0 aliphatic heterocycles. The zero-order valence-corrected chi connectivity index (χ0v) is 15.7. The van der Waals surface area contributed by atoms with Gasteiger partial charge in [-0.3, -0.25) is 19.1 Å². The number of carbonyl (C=O) groups excluding carboxylic acids is 2. The fourth-order valence-corrected chi connectivity index (χ4v) is 3.19. The number of amides is 2. The van der Waals surface area contributed by atoms with Gasteiger partial charge in [-0.15, -0.1) is 16.8 Å². The number of primary amides is 1. The van der Waals surface area contributed by atoms with Gasteiger partial charge in [-0.25, -0.2) is 0 Å². The standard InChI is InChI=1S/C19H18N6O2S/c1-2-10-25-18(14-4-3-9-21-11-14)23-24-19(25)28-12-16(26)22-15-7-5-13(6-8-15)17(20)27/h2-9,11H,1,10,12H2,(H2,20,27)(H,22,26). The Morgan fingerprint density at radius 3 is 2.64 bits per heavy atom. The maximum absolute atomic E-state index is 12.2. The Kier molecular flexibility index (Phi) is 6.18. The quantitative estimate of drug-likeness (QED) is 0.448. The molecule has 0 fully saturated rings. The third-order valence-electron chi connectivity index (χ3n) is 3.73. The van der Waals surface area contributed by atoms with Gasteiger partial charge in [0.1, 0.15) is 0 Å². The van der Waals surface area contributed by atoms with Crippen molar-refractivity contribution in [3.63, 3.8) is 0 Å². The average molecular weight is 394 g/mol. The molecule has 0 bridgehead atoms. The van der Waals surface area contributed by atoms with Gasteiger partial charge in [-0.2, -0.15) is 0 Å². The third-order valence-corrected chi connectivity index (χ3v) is 4.70. The second-order valence-corrected chi connectivity index (χ2v) is 6.67. The number of rotatable bonds is 8. The largest absolute Gasteiger partial charge is 0.366 e. The van der Waals surface area contributed by atoms with E-state index in [2.05, 4.69) is 27.1 Å². The molecule has 142 valence electrons. The third kappa shape index (κ3) is 4.63. The Morgan fingerprint density at radius 1 is 1.21 bits per heavy atom. The van der Waals surface area contributed by atoms with Gasteiger partial charge in [0, 0.05) is 35.8 Å². The molecule has 8 nitrogen and oxygen atoms in total. The Balaban J connectivity index is 1.66. The highest BCUT2D eigenvalue weighted by Gasteiger charge is 2.15. The molecule has 0 aliphatic carbocycles. The van der Waals surface area contributed by atoms with Crippen molar-refractivity contribution < 1.29 is 9.59 Å². The predicted octanol–water partition coefficient (Wildman–Crippen LogP) is 2.36. The number of pyridine rings is 1. The lowest BCUT2D eigenvalue weighted by atomic mass is 10.2. The molecule has 3 rings (SSSR count). The molecule has 1 aromatic carbocycles. The summed E-state index contributed by atoms with van der Waals surface area (Å²) in [6.07, 6.45) is 5.14. The Hall–Kier alpha value is -3.46. The van der Waals surface area contributed by atoms with Crippen LogP contribution in [-0.4, -0.2) is 37.3 Å². The molecule has 0 atom stereocenters. The van der Waals surface area contributed by atoms with Gasteiger partial charge in [0.25, 0.3) is 0 Å². The number of hydrogen-bond donors (Lipinski definition) is 2. The Morgan fingerprint density at radius 2 is 2.00 bits per heavy atom. The number of nitrogens with one attached hydrogen (secondary N) is 1. The van der Waals surface area contributed by atoms with E-state index in [9.17, 15) is 9.59 Å². The lowest BCUT2D eigenvalue weighted by Crippen LogP contribution is -2.15. The molecule has 0 saturated heterocycles. The molecule has 0 aliphatic rings. The number of benzene rings is 1. The fourth-order valence-electron chi connectivity index (χ4n) is 2.44. The molecule has 2 amide bonds. The summed E-state index contributed by atoms with van der Waals surface area (Å²) in [7, 11) is 0. The van der Waals surface area contributed by atoms with Gasteiger partial charge in [0.05, 0.1) is 5.75 Å². The van der Waals surface area contributed by atoms with E-state index in [0.717, 1.165) is 5.56 Å². The maximum atomic E-state index is 12.2. The van der Waals surface area contributed by atoms with Crippen LogP contribution < -0.4 is 11.1 Å². The lowest BCUT2D eigenvalue weighted by Gasteiger charge is -2.08. The molecule has 0 radical (unpaired) electrons. The zero-order chi connectivity index (χ0) is 19.9. The van der Waals surface area contributed by atoms with Crippen LogP contribution in [0.25, 0.3) is 11.4 Å². The summed E-state index contributed by atoms with van der Waals surface area (Å²) in [6, 6.07) is 10.1. The zero-order valence-electron chi connectivity index (χ0n) is 14.9. The monoisotopic (exact) mass is 394 g/mol. The lowest BCUT2D eigenvalue weighted by molar-refractivity contribution is -0.113. The molecule has 28 heavy (non-hydrogen) atoms. The van der Waals surface area contributed by atoms with Gasteiger partial charge in [0.15, 0.2) is 11.0 Å². The number of aromatic nitrogens is 4. The van der Waals surface area contributed by atoms with Crippen LogP contribution in [0.5, 0.6) is 0 Å². The first kappa shape index (κ1) is 19.3. The van der Waals surface area contributed by atoms with E-state index >= 15 is 0 Å². The summed E-state index contributed by atoms with van der Waals surface area (Å²) >= 11 is 1.27. The average Bonchev–Trinajstić information content (AvgIpc) is 3.10. The van der Waals surface area contributed by atoms with Crippen LogP contribution >= 0.6 is 11.8 Å². The SMILES string of the molecule is C=CCn1c(SCC(=O)Nc2ccc(C(N)=O)cc2)nnc1-c1cccnc1. The van der Waals surface area contributed by atoms with Crippen molar-refractivity contribution in [2.75, 3.05) is 11.1 Å². The van der Waals surface area contributed by atoms with Crippen molar-refractivity contribution in [2.24, 2.45) is 5.73 Å². The van der Waals surface area contributed by atoms with Crippen molar-refractivity contribution >= 4 is 29.3 Å². The second-order valence-electron chi connectivity index (χ2n) is 5.73. The van der Waals surface area contributed by atoms with E-state index < -0.39 is 5.91 Å². The highest BCUT2D eigenvalue weighted by molar-refractivity contribution is 7.99. The summed E-state index contributed by atoms with van der Waals surface area (Å²) in [5.41, 5.74) is 7.00. The van der Waals surface area contributed by atoms with E-state index in [1.165, 1.54) is 11.8 Å².